The standard InChI is InChI=1S/C14H11F4O3P/c15-12-9-5-4-8-11(12)13(14(16,17)18,22(19,20)21)10-6-2-1-3-7-10/h1-9H,(H2,19,20,21)/p-2. The number of alkyl halides is 3. The zero-order chi connectivity index (χ0) is 16.6. The average Bonchev–Trinajstić information content (AvgIpc) is 2.40. The van der Waals surface area contributed by atoms with Crippen LogP contribution in [0.5, 0.6) is 0 Å². The Labute approximate surface area is 123 Å². The Morgan fingerprint density at radius 3 is 1.82 bits per heavy atom. The van der Waals surface area contributed by atoms with E-state index in [1.165, 1.54) is 6.07 Å². The van der Waals surface area contributed by atoms with Crippen LogP contribution in [-0.4, -0.2) is 6.18 Å². The van der Waals surface area contributed by atoms with Gasteiger partial charge in [-0.3, -0.25) is 0 Å². The van der Waals surface area contributed by atoms with Crippen molar-refractivity contribution >= 4 is 7.60 Å². The third kappa shape index (κ3) is 2.45. The molecule has 0 saturated heterocycles. The summed E-state index contributed by atoms with van der Waals surface area (Å²) in [6.45, 7) is 0. The van der Waals surface area contributed by atoms with Gasteiger partial charge >= 0.3 is 6.18 Å². The molecule has 1 atom stereocenters. The normalized spacial score (nSPS) is 15.4. The van der Waals surface area contributed by atoms with E-state index in [9.17, 15) is 31.9 Å². The molecular weight excluding hydrogens is 323 g/mol. The fraction of sp³-hybridized carbons (Fsp3) is 0.143. The first-order valence-electron chi connectivity index (χ1n) is 6.02. The van der Waals surface area contributed by atoms with E-state index in [1.54, 1.807) is 0 Å². The summed E-state index contributed by atoms with van der Waals surface area (Å²) >= 11 is 0. The van der Waals surface area contributed by atoms with Gasteiger partial charge in [0.1, 0.15) is 11.0 Å². The summed E-state index contributed by atoms with van der Waals surface area (Å²) < 4.78 is 66.6. The molecule has 0 radical (unpaired) electrons. The SMILES string of the molecule is O=P([O-])([O-])C(c1ccccc1)(c1ccccc1F)C(F)(F)F. The van der Waals surface area contributed by atoms with Crippen molar-refractivity contribution in [3.05, 3.63) is 71.5 Å². The van der Waals surface area contributed by atoms with E-state index in [2.05, 4.69) is 0 Å². The summed E-state index contributed by atoms with van der Waals surface area (Å²) in [5.74, 6) is -1.42. The van der Waals surface area contributed by atoms with Crippen LogP contribution in [0.15, 0.2) is 54.6 Å². The van der Waals surface area contributed by atoms with Crippen LogP contribution in [0.3, 0.4) is 0 Å². The Morgan fingerprint density at radius 2 is 1.36 bits per heavy atom. The molecule has 22 heavy (non-hydrogen) atoms. The highest BCUT2D eigenvalue weighted by atomic mass is 31.2. The van der Waals surface area contributed by atoms with Crippen LogP contribution in [-0.2, 0) is 9.72 Å². The molecule has 0 aliphatic carbocycles. The summed E-state index contributed by atoms with van der Waals surface area (Å²) in [7, 11) is -6.36. The van der Waals surface area contributed by atoms with Crippen LogP contribution in [0.1, 0.15) is 11.1 Å². The zero-order valence-electron chi connectivity index (χ0n) is 10.9. The van der Waals surface area contributed by atoms with E-state index in [-0.39, 0.29) is 0 Å². The second-order valence-electron chi connectivity index (χ2n) is 4.55. The van der Waals surface area contributed by atoms with Crippen LogP contribution in [0, 0.1) is 5.82 Å². The van der Waals surface area contributed by atoms with Crippen molar-refractivity contribution in [3.63, 3.8) is 0 Å². The number of hydrogen-bond acceptors (Lipinski definition) is 3. The molecule has 1 unspecified atom stereocenters. The molecule has 0 bridgehead atoms. The zero-order valence-corrected chi connectivity index (χ0v) is 11.8. The molecule has 0 aliphatic rings. The van der Waals surface area contributed by atoms with Crippen molar-refractivity contribution in [3.8, 4) is 0 Å². The van der Waals surface area contributed by atoms with Gasteiger partial charge in [0.25, 0.3) is 0 Å². The van der Waals surface area contributed by atoms with Gasteiger partial charge in [-0.25, -0.2) is 4.39 Å². The van der Waals surface area contributed by atoms with Crippen molar-refractivity contribution < 1.29 is 31.9 Å². The molecule has 0 N–H and O–H groups in total. The van der Waals surface area contributed by atoms with Crippen molar-refractivity contribution in [2.24, 2.45) is 0 Å². The summed E-state index contributed by atoms with van der Waals surface area (Å²) in [6.07, 6.45) is -5.53. The van der Waals surface area contributed by atoms with Crippen LogP contribution < -0.4 is 9.79 Å². The third-order valence-electron chi connectivity index (χ3n) is 3.28. The van der Waals surface area contributed by atoms with Gasteiger partial charge in [0, 0.05) is 5.56 Å². The van der Waals surface area contributed by atoms with Gasteiger partial charge in [0.15, 0.2) is 0 Å². The number of hydrogen-bond donors (Lipinski definition) is 0. The molecule has 2 rings (SSSR count). The van der Waals surface area contributed by atoms with Crippen molar-refractivity contribution in [1.29, 1.82) is 0 Å². The summed E-state index contributed by atoms with van der Waals surface area (Å²) in [6, 6.07) is 8.78. The van der Waals surface area contributed by atoms with E-state index in [0.717, 1.165) is 36.4 Å². The highest BCUT2D eigenvalue weighted by Crippen LogP contribution is 2.63. The Hall–Kier alpha value is -1.69. The maximum Gasteiger partial charge on any atom is 0.406 e. The summed E-state index contributed by atoms with van der Waals surface area (Å²) in [5, 5.41) is -3.98. The molecular formula is C14H9F4O3P-2. The maximum atomic E-state index is 13.9. The molecule has 118 valence electrons. The summed E-state index contributed by atoms with van der Waals surface area (Å²) in [4.78, 5) is 23.3. The number of rotatable bonds is 3. The van der Waals surface area contributed by atoms with Crippen molar-refractivity contribution in [2.45, 2.75) is 11.3 Å². The molecule has 8 heteroatoms. The van der Waals surface area contributed by atoms with Crippen LogP contribution in [0.4, 0.5) is 17.6 Å². The number of halogens is 4. The quantitative estimate of drug-likeness (QED) is 0.641. The van der Waals surface area contributed by atoms with Crippen molar-refractivity contribution in [2.75, 3.05) is 0 Å². The smallest absolute Gasteiger partial charge is 0.406 e. The Morgan fingerprint density at radius 1 is 0.864 bits per heavy atom. The van der Waals surface area contributed by atoms with E-state index < -0.39 is 35.9 Å². The molecule has 0 amide bonds. The van der Waals surface area contributed by atoms with Crippen LogP contribution in [0.2, 0.25) is 0 Å². The minimum atomic E-state index is -6.36. The lowest BCUT2D eigenvalue weighted by Crippen LogP contribution is -2.49. The van der Waals surface area contributed by atoms with Gasteiger partial charge in [0.2, 0.25) is 0 Å². The molecule has 0 fully saturated rings. The van der Waals surface area contributed by atoms with Gasteiger partial charge in [-0.2, -0.15) is 13.2 Å². The van der Waals surface area contributed by atoms with Gasteiger partial charge < -0.3 is 14.4 Å². The van der Waals surface area contributed by atoms with E-state index in [0.29, 0.717) is 12.1 Å². The average molecular weight is 332 g/mol. The molecule has 2 aromatic carbocycles. The van der Waals surface area contributed by atoms with Crippen LogP contribution >= 0.6 is 7.60 Å². The Bertz CT molecular complexity index is 712. The molecule has 3 nitrogen and oxygen atoms in total. The van der Waals surface area contributed by atoms with E-state index >= 15 is 0 Å². The molecule has 0 spiro atoms. The van der Waals surface area contributed by atoms with Gasteiger partial charge in [0.05, 0.1) is 0 Å². The predicted octanol–water partition coefficient (Wildman–Crippen LogP) is 2.55. The number of benzene rings is 2. The fourth-order valence-corrected chi connectivity index (χ4v) is 3.62. The first kappa shape index (κ1) is 16.7. The van der Waals surface area contributed by atoms with E-state index in [4.69, 9.17) is 0 Å². The Kier molecular flexibility index (Phi) is 4.17. The first-order chi connectivity index (χ1) is 10.1. The molecule has 0 saturated carbocycles. The van der Waals surface area contributed by atoms with Gasteiger partial charge in [-0.05, 0) is 19.2 Å². The molecule has 0 aromatic heterocycles. The minimum Gasteiger partial charge on any atom is -0.810 e. The minimum absolute atomic E-state index is 0.651. The lowest BCUT2D eigenvalue weighted by molar-refractivity contribution is -0.331. The largest absolute Gasteiger partial charge is 0.810 e. The molecule has 0 aliphatic heterocycles. The monoisotopic (exact) mass is 332 g/mol. The highest BCUT2D eigenvalue weighted by Gasteiger charge is 2.60. The van der Waals surface area contributed by atoms with Gasteiger partial charge in [-0.15, -0.1) is 0 Å². The lowest BCUT2D eigenvalue weighted by Gasteiger charge is -2.50. The Balaban J connectivity index is 2.97. The van der Waals surface area contributed by atoms with Crippen molar-refractivity contribution in [1.82, 2.24) is 0 Å². The predicted molar refractivity (Wildman–Crippen MR) is 67.3 cm³/mol. The highest BCUT2D eigenvalue weighted by molar-refractivity contribution is 7.50. The maximum absolute atomic E-state index is 13.9. The molecule has 2 aromatic rings. The fourth-order valence-electron chi connectivity index (χ4n) is 2.37. The lowest BCUT2D eigenvalue weighted by atomic mass is 9.89. The second-order valence-corrected chi connectivity index (χ2v) is 6.22. The van der Waals surface area contributed by atoms with Gasteiger partial charge in [-0.1, -0.05) is 48.5 Å². The summed E-state index contributed by atoms with van der Waals surface area (Å²) in [5.41, 5.74) is -2.08. The topological polar surface area (TPSA) is 63.2 Å². The third-order valence-corrected chi connectivity index (χ3v) is 4.85. The van der Waals surface area contributed by atoms with E-state index in [1.807, 2.05) is 0 Å². The first-order valence-corrected chi connectivity index (χ1v) is 7.56. The second kappa shape index (κ2) is 5.50. The molecule has 0 heterocycles. The van der Waals surface area contributed by atoms with Crippen LogP contribution in [0.25, 0.3) is 0 Å².